The Hall–Kier alpha value is -2.05. The van der Waals surface area contributed by atoms with Crippen LogP contribution >= 0.6 is 0 Å². The summed E-state index contributed by atoms with van der Waals surface area (Å²) in [5.74, 6) is -0.630. The Balaban J connectivity index is 3.61. The predicted octanol–water partition coefficient (Wildman–Crippen LogP) is 4.05. The molecule has 0 spiro atoms. The zero-order valence-electron chi connectivity index (χ0n) is 19.7. The molecule has 1 atom stereocenters. The van der Waals surface area contributed by atoms with Crippen LogP contribution in [0.1, 0.15) is 110 Å². The van der Waals surface area contributed by atoms with E-state index in [1.54, 1.807) is 0 Å². The van der Waals surface area contributed by atoms with E-state index in [0.717, 1.165) is 25.7 Å². The first-order valence-electron chi connectivity index (χ1n) is 12.3. The van der Waals surface area contributed by atoms with Crippen molar-refractivity contribution in [1.29, 1.82) is 0 Å². The van der Waals surface area contributed by atoms with E-state index in [0.29, 0.717) is 25.8 Å². The van der Waals surface area contributed by atoms with Crippen LogP contribution in [0.15, 0.2) is 17.1 Å². The lowest BCUT2D eigenvalue weighted by atomic mass is 10.1. The van der Waals surface area contributed by atoms with E-state index in [2.05, 4.69) is 29.4 Å². The van der Waals surface area contributed by atoms with Gasteiger partial charge in [0.15, 0.2) is 5.96 Å². The molecule has 2 amide bonds. The third-order valence-corrected chi connectivity index (χ3v) is 5.29. The molecule has 0 saturated heterocycles. The van der Waals surface area contributed by atoms with Crippen molar-refractivity contribution in [2.24, 2.45) is 22.2 Å². The van der Waals surface area contributed by atoms with E-state index < -0.39 is 11.9 Å². The summed E-state index contributed by atoms with van der Waals surface area (Å²) in [6, 6.07) is -0.662. The Kier molecular flexibility index (Phi) is 19.8. The van der Waals surface area contributed by atoms with Crippen LogP contribution in [-0.2, 0) is 9.59 Å². The highest BCUT2D eigenvalue weighted by molar-refractivity contribution is 5.86. The van der Waals surface area contributed by atoms with Gasteiger partial charge in [-0.2, -0.15) is 0 Å². The Morgan fingerprint density at radius 3 is 1.90 bits per heavy atom. The maximum atomic E-state index is 12.0. The third-order valence-electron chi connectivity index (χ3n) is 5.29. The van der Waals surface area contributed by atoms with Crippen LogP contribution < -0.4 is 22.5 Å². The fourth-order valence-corrected chi connectivity index (χ4v) is 3.41. The van der Waals surface area contributed by atoms with Crippen LogP contribution in [0, 0.1) is 0 Å². The summed E-state index contributed by atoms with van der Waals surface area (Å²) in [4.78, 5) is 27.4. The Bertz CT molecular complexity index is 516. The first kappa shape index (κ1) is 28.9. The molecule has 0 unspecified atom stereocenters. The fourth-order valence-electron chi connectivity index (χ4n) is 3.41. The van der Waals surface area contributed by atoms with Gasteiger partial charge in [-0.1, -0.05) is 70.4 Å². The van der Waals surface area contributed by atoms with Crippen LogP contribution in [0.5, 0.6) is 0 Å². The molecule has 0 aliphatic heterocycles. The number of nitrogens with two attached hydrogens (primary N) is 3. The normalized spacial score (nSPS) is 12.0. The molecule has 0 aromatic heterocycles. The molecule has 7 nitrogen and oxygen atoms in total. The lowest BCUT2D eigenvalue weighted by molar-refractivity contribution is -0.127. The van der Waals surface area contributed by atoms with E-state index in [1.165, 1.54) is 57.8 Å². The van der Waals surface area contributed by atoms with Crippen molar-refractivity contribution < 1.29 is 9.59 Å². The quantitative estimate of drug-likeness (QED) is 0.0931. The molecule has 7 heteroatoms. The lowest BCUT2D eigenvalue weighted by Crippen LogP contribution is -2.44. The van der Waals surface area contributed by atoms with Gasteiger partial charge in [0, 0.05) is 13.0 Å². The number of nitrogens with one attached hydrogen (secondary N) is 1. The largest absolute Gasteiger partial charge is 0.370 e. The zero-order valence-corrected chi connectivity index (χ0v) is 19.7. The van der Waals surface area contributed by atoms with Crippen molar-refractivity contribution in [2.45, 2.75) is 116 Å². The topological polar surface area (TPSA) is 137 Å². The number of unbranched alkanes of at least 4 members (excludes halogenated alkanes) is 11. The second kappa shape index (κ2) is 21.2. The van der Waals surface area contributed by atoms with Crippen LogP contribution in [0.3, 0.4) is 0 Å². The minimum absolute atomic E-state index is 0.0175. The molecule has 0 heterocycles. The number of hydrogen-bond donors (Lipinski definition) is 4. The first-order valence-corrected chi connectivity index (χ1v) is 12.3. The van der Waals surface area contributed by atoms with E-state index in [4.69, 9.17) is 17.2 Å². The maximum absolute atomic E-state index is 12.0. The minimum Gasteiger partial charge on any atom is -0.370 e. The van der Waals surface area contributed by atoms with Gasteiger partial charge in [-0.25, -0.2) is 0 Å². The van der Waals surface area contributed by atoms with Crippen molar-refractivity contribution in [3.63, 3.8) is 0 Å². The molecule has 0 radical (unpaired) electrons. The van der Waals surface area contributed by atoms with Gasteiger partial charge in [0.25, 0.3) is 0 Å². The number of aliphatic imine (C=N–C) groups is 1. The minimum atomic E-state index is -0.662. The highest BCUT2D eigenvalue weighted by atomic mass is 16.2. The molecular formula is C24H47N5O2. The number of nitrogens with zero attached hydrogens (tertiary/aromatic N) is 1. The summed E-state index contributed by atoms with van der Waals surface area (Å²) in [6.07, 6.45) is 22.0. The predicted molar refractivity (Wildman–Crippen MR) is 130 cm³/mol. The first-order chi connectivity index (χ1) is 15.0. The van der Waals surface area contributed by atoms with E-state index in [-0.39, 0.29) is 11.9 Å². The van der Waals surface area contributed by atoms with Crippen LogP contribution in [0.4, 0.5) is 0 Å². The smallest absolute Gasteiger partial charge is 0.240 e. The van der Waals surface area contributed by atoms with Crippen LogP contribution in [0.2, 0.25) is 0 Å². The van der Waals surface area contributed by atoms with E-state index in [9.17, 15) is 9.59 Å². The molecule has 0 aliphatic rings. The van der Waals surface area contributed by atoms with Gasteiger partial charge in [-0.05, 0) is 44.9 Å². The van der Waals surface area contributed by atoms with Crippen molar-refractivity contribution in [1.82, 2.24) is 5.32 Å². The molecule has 7 N–H and O–H groups in total. The van der Waals surface area contributed by atoms with Crippen LogP contribution in [-0.4, -0.2) is 30.4 Å². The van der Waals surface area contributed by atoms with Gasteiger partial charge in [0.1, 0.15) is 6.04 Å². The summed E-state index contributed by atoms with van der Waals surface area (Å²) in [6.45, 7) is 2.67. The summed E-state index contributed by atoms with van der Waals surface area (Å²) in [7, 11) is 0. The number of amides is 2. The second-order valence-electron chi connectivity index (χ2n) is 8.31. The van der Waals surface area contributed by atoms with Gasteiger partial charge >= 0.3 is 0 Å². The summed E-state index contributed by atoms with van der Waals surface area (Å²) < 4.78 is 0. The molecular weight excluding hydrogens is 390 g/mol. The SMILES string of the molecule is CCCCCCCC/C=C\CCCCCCCC(=O)N[C@@H](CCCN=C(N)N)C(N)=O. The van der Waals surface area contributed by atoms with Gasteiger partial charge in [-0.15, -0.1) is 0 Å². The standard InChI is InChI=1S/C24H47N5O2/c1-2-3-4-5-6-7-8-9-10-11-12-13-14-15-16-19-22(30)29-21(23(25)31)18-17-20-28-24(26)27/h9-10,21H,2-8,11-20H2,1H3,(H2,25,31)(H,29,30)(H4,26,27,28)/b10-9-/t21-/m0/s1. The molecule has 0 aromatic rings. The Morgan fingerprint density at radius 2 is 1.35 bits per heavy atom. The Labute approximate surface area is 189 Å². The summed E-state index contributed by atoms with van der Waals surface area (Å²) in [5, 5.41) is 2.72. The number of carbonyl (C=O) groups is 2. The van der Waals surface area contributed by atoms with Gasteiger partial charge in [0.2, 0.25) is 11.8 Å². The fraction of sp³-hybridized carbons (Fsp3) is 0.792. The molecule has 0 bridgehead atoms. The lowest BCUT2D eigenvalue weighted by Gasteiger charge is -2.15. The summed E-state index contributed by atoms with van der Waals surface area (Å²) in [5.41, 5.74) is 15.9. The van der Waals surface area contributed by atoms with Crippen molar-refractivity contribution in [2.75, 3.05) is 6.54 Å². The van der Waals surface area contributed by atoms with E-state index in [1.807, 2.05) is 0 Å². The zero-order chi connectivity index (χ0) is 23.2. The molecule has 180 valence electrons. The van der Waals surface area contributed by atoms with Gasteiger partial charge in [-0.3, -0.25) is 14.6 Å². The number of hydrogen-bond acceptors (Lipinski definition) is 3. The average molecular weight is 438 g/mol. The summed E-state index contributed by atoms with van der Waals surface area (Å²) >= 11 is 0. The number of allylic oxidation sites excluding steroid dienone is 2. The Morgan fingerprint density at radius 1 is 0.806 bits per heavy atom. The average Bonchev–Trinajstić information content (AvgIpc) is 2.72. The van der Waals surface area contributed by atoms with Crippen molar-refractivity contribution in [3.05, 3.63) is 12.2 Å². The highest BCUT2D eigenvalue weighted by Gasteiger charge is 2.17. The molecule has 31 heavy (non-hydrogen) atoms. The van der Waals surface area contributed by atoms with Crippen LogP contribution in [0.25, 0.3) is 0 Å². The molecule has 0 fully saturated rings. The monoisotopic (exact) mass is 437 g/mol. The highest BCUT2D eigenvalue weighted by Crippen LogP contribution is 2.10. The number of rotatable bonds is 21. The van der Waals surface area contributed by atoms with Crippen molar-refractivity contribution >= 4 is 17.8 Å². The molecule has 0 aromatic carbocycles. The number of guanidine groups is 1. The second-order valence-corrected chi connectivity index (χ2v) is 8.31. The van der Waals surface area contributed by atoms with Crippen molar-refractivity contribution in [3.8, 4) is 0 Å². The molecule has 0 rings (SSSR count). The van der Waals surface area contributed by atoms with E-state index >= 15 is 0 Å². The maximum Gasteiger partial charge on any atom is 0.240 e. The number of carbonyl (C=O) groups excluding carboxylic acids is 2. The molecule has 0 saturated carbocycles. The third kappa shape index (κ3) is 21.0. The van der Waals surface area contributed by atoms with Gasteiger partial charge < -0.3 is 22.5 Å². The van der Waals surface area contributed by atoms with Gasteiger partial charge in [0.05, 0.1) is 0 Å². The number of primary amides is 1. The molecule has 0 aliphatic carbocycles.